The minimum absolute atomic E-state index is 0.848. The standard InChI is InChI=1S/C13H23N3O/c1(2-8-16-9-6-14-7-10-16)5-15-12-13-4-3-11-17-13/h3-4,11,14-15H,1-2,5-10,12H2. The predicted octanol–water partition coefficient (Wildman–Crippen LogP) is 1.05. The van der Waals surface area contributed by atoms with E-state index in [-0.39, 0.29) is 0 Å². The SMILES string of the molecule is c1coc(CNCCCCN2CCNCC2)c1. The summed E-state index contributed by atoms with van der Waals surface area (Å²) in [6, 6.07) is 3.94. The second-order valence-corrected chi connectivity index (χ2v) is 4.55. The molecule has 1 saturated heterocycles. The van der Waals surface area contributed by atoms with Crippen molar-refractivity contribution in [2.24, 2.45) is 0 Å². The molecule has 1 fully saturated rings. The summed E-state index contributed by atoms with van der Waals surface area (Å²) >= 11 is 0. The fraction of sp³-hybridized carbons (Fsp3) is 0.692. The lowest BCUT2D eigenvalue weighted by Gasteiger charge is -2.27. The lowest BCUT2D eigenvalue weighted by atomic mass is 10.2. The van der Waals surface area contributed by atoms with E-state index in [1.54, 1.807) is 6.26 Å². The van der Waals surface area contributed by atoms with Crippen molar-refractivity contribution in [3.63, 3.8) is 0 Å². The van der Waals surface area contributed by atoms with Crippen LogP contribution in [0.15, 0.2) is 22.8 Å². The molecule has 0 radical (unpaired) electrons. The van der Waals surface area contributed by atoms with Gasteiger partial charge in [-0.05, 0) is 38.1 Å². The summed E-state index contributed by atoms with van der Waals surface area (Å²) in [5, 5.41) is 6.78. The molecule has 0 unspecified atom stereocenters. The Bertz CT molecular complexity index is 281. The zero-order chi connectivity index (χ0) is 11.8. The minimum atomic E-state index is 0.848. The van der Waals surface area contributed by atoms with Crippen LogP contribution in [-0.2, 0) is 6.54 Å². The summed E-state index contributed by atoms with van der Waals surface area (Å²) < 4.78 is 5.26. The van der Waals surface area contributed by atoms with Crippen molar-refractivity contribution in [1.82, 2.24) is 15.5 Å². The molecule has 0 aromatic carbocycles. The second kappa shape index (κ2) is 7.48. The first-order chi connectivity index (χ1) is 8.45. The van der Waals surface area contributed by atoms with Gasteiger partial charge in [0.1, 0.15) is 5.76 Å². The number of furan rings is 1. The van der Waals surface area contributed by atoms with Crippen LogP contribution in [0.1, 0.15) is 18.6 Å². The predicted molar refractivity (Wildman–Crippen MR) is 69.0 cm³/mol. The minimum Gasteiger partial charge on any atom is -0.468 e. The molecule has 1 aromatic heterocycles. The summed E-state index contributed by atoms with van der Waals surface area (Å²) in [5.74, 6) is 1.02. The van der Waals surface area contributed by atoms with Crippen molar-refractivity contribution in [2.45, 2.75) is 19.4 Å². The second-order valence-electron chi connectivity index (χ2n) is 4.55. The van der Waals surface area contributed by atoms with Crippen LogP contribution in [-0.4, -0.2) is 44.2 Å². The maximum absolute atomic E-state index is 5.26. The van der Waals surface area contributed by atoms with Gasteiger partial charge >= 0.3 is 0 Å². The van der Waals surface area contributed by atoms with Gasteiger partial charge in [0, 0.05) is 26.2 Å². The number of rotatable bonds is 7. The smallest absolute Gasteiger partial charge is 0.117 e. The van der Waals surface area contributed by atoms with Crippen LogP contribution in [0.5, 0.6) is 0 Å². The fourth-order valence-electron chi connectivity index (χ4n) is 2.14. The lowest BCUT2D eigenvalue weighted by Crippen LogP contribution is -2.43. The Labute approximate surface area is 103 Å². The Morgan fingerprint density at radius 2 is 2.18 bits per heavy atom. The van der Waals surface area contributed by atoms with Crippen molar-refractivity contribution in [2.75, 3.05) is 39.3 Å². The first-order valence-corrected chi connectivity index (χ1v) is 6.61. The molecule has 2 N–H and O–H groups in total. The molecule has 0 amide bonds. The van der Waals surface area contributed by atoms with Crippen LogP contribution >= 0.6 is 0 Å². The van der Waals surface area contributed by atoms with Crippen LogP contribution < -0.4 is 10.6 Å². The third-order valence-corrected chi connectivity index (χ3v) is 3.17. The average molecular weight is 237 g/mol. The van der Waals surface area contributed by atoms with Gasteiger partial charge in [0.2, 0.25) is 0 Å². The Morgan fingerprint density at radius 1 is 1.29 bits per heavy atom. The molecule has 1 aromatic rings. The van der Waals surface area contributed by atoms with E-state index in [9.17, 15) is 0 Å². The third kappa shape index (κ3) is 4.89. The van der Waals surface area contributed by atoms with Gasteiger partial charge in [-0.2, -0.15) is 0 Å². The van der Waals surface area contributed by atoms with E-state index in [0.717, 1.165) is 31.9 Å². The highest BCUT2D eigenvalue weighted by Crippen LogP contribution is 1.99. The number of hydrogen-bond donors (Lipinski definition) is 2. The van der Waals surface area contributed by atoms with Crippen molar-refractivity contribution in [3.05, 3.63) is 24.2 Å². The third-order valence-electron chi connectivity index (χ3n) is 3.17. The molecular formula is C13H23N3O. The zero-order valence-electron chi connectivity index (χ0n) is 10.5. The maximum Gasteiger partial charge on any atom is 0.117 e. The largest absolute Gasteiger partial charge is 0.468 e. The van der Waals surface area contributed by atoms with Crippen LogP contribution in [0.3, 0.4) is 0 Å². The maximum atomic E-state index is 5.26. The van der Waals surface area contributed by atoms with Gasteiger partial charge in [0.05, 0.1) is 12.8 Å². The molecule has 4 heteroatoms. The normalized spacial score (nSPS) is 17.4. The van der Waals surface area contributed by atoms with Crippen molar-refractivity contribution in [3.8, 4) is 0 Å². The summed E-state index contributed by atoms with van der Waals surface area (Å²) in [6.45, 7) is 7.88. The van der Waals surface area contributed by atoms with Crippen molar-refractivity contribution in [1.29, 1.82) is 0 Å². The number of piperazine rings is 1. The van der Waals surface area contributed by atoms with E-state index in [0.29, 0.717) is 0 Å². The summed E-state index contributed by atoms with van der Waals surface area (Å²) in [6.07, 6.45) is 4.25. The van der Waals surface area contributed by atoms with Crippen LogP contribution in [0.25, 0.3) is 0 Å². The number of nitrogens with zero attached hydrogens (tertiary/aromatic N) is 1. The number of nitrogens with one attached hydrogen (secondary N) is 2. The topological polar surface area (TPSA) is 40.4 Å². The highest BCUT2D eigenvalue weighted by Gasteiger charge is 2.07. The highest BCUT2D eigenvalue weighted by molar-refractivity contribution is 4.97. The first kappa shape index (κ1) is 12.6. The van der Waals surface area contributed by atoms with E-state index in [1.807, 2.05) is 12.1 Å². The molecule has 4 nitrogen and oxygen atoms in total. The first-order valence-electron chi connectivity index (χ1n) is 6.61. The molecule has 0 bridgehead atoms. The molecule has 2 heterocycles. The summed E-state index contributed by atoms with van der Waals surface area (Å²) in [7, 11) is 0. The van der Waals surface area contributed by atoms with Gasteiger partial charge < -0.3 is 20.0 Å². The molecule has 17 heavy (non-hydrogen) atoms. The number of hydrogen-bond acceptors (Lipinski definition) is 4. The van der Waals surface area contributed by atoms with E-state index in [1.165, 1.54) is 32.5 Å². The molecule has 0 atom stereocenters. The van der Waals surface area contributed by atoms with Gasteiger partial charge in [-0.15, -0.1) is 0 Å². The monoisotopic (exact) mass is 237 g/mol. The number of unbranched alkanes of at least 4 members (excludes halogenated alkanes) is 1. The van der Waals surface area contributed by atoms with E-state index in [2.05, 4.69) is 15.5 Å². The molecule has 96 valence electrons. The van der Waals surface area contributed by atoms with E-state index >= 15 is 0 Å². The molecule has 0 spiro atoms. The van der Waals surface area contributed by atoms with Crippen LogP contribution in [0.4, 0.5) is 0 Å². The fourth-order valence-corrected chi connectivity index (χ4v) is 2.14. The molecule has 0 saturated carbocycles. The Kier molecular flexibility index (Phi) is 5.55. The van der Waals surface area contributed by atoms with Crippen LogP contribution in [0, 0.1) is 0 Å². The van der Waals surface area contributed by atoms with E-state index < -0.39 is 0 Å². The Hall–Kier alpha value is -0.840. The van der Waals surface area contributed by atoms with Gasteiger partial charge in [0.25, 0.3) is 0 Å². The highest BCUT2D eigenvalue weighted by atomic mass is 16.3. The van der Waals surface area contributed by atoms with Crippen molar-refractivity contribution < 1.29 is 4.42 Å². The molecule has 0 aliphatic carbocycles. The van der Waals surface area contributed by atoms with Gasteiger partial charge in [-0.25, -0.2) is 0 Å². The zero-order valence-corrected chi connectivity index (χ0v) is 10.5. The molecule has 2 rings (SSSR count). The van der Waals surface area contributed by atoms with E-state index in [4.69, 9.17) is 4.42 Å². The lowest BCUT2D eigenvalue weighted by molar-refractivity contribution is 0.236. The Balaban J connectivity index is 1.43. The Morgan fingerprint density at radius 3 is 2.94 bits per heavy atom. The molecular weight excluding hydrogens is 214 g/mol. The molecule has 1 aliphatic rings. The van der Waals surface area contributed by atoms with Gasteiger partial charge in [-0.1, -0.05) is 0 Å². The van der Waals surface area contributed by atoms with Crippen molar-refractivity contribution >= 4 is 0 Å². The average Bonchev–Trinajstić information content (AvgIpc) is 2.88. The summed E-state index contributed by atoms with van der Waals surface area (Å²) in [5.41, 5.74) is 0. The summed E-state index contributed by atoms with van der Waals surface area (Å²) in [4.78, 5) is 2.54. The van der Waals surface area contributed by atoms with Gasteiger partial charge in [-0.3, -0.25) is 0 Å². The van der Waals surface area contributed by atoms with Gasteiger partial charge in [0.15, 0.2) is 0 Å². The molecule has 1 aliphatic heterocycles. The van der Waals surface area contributed by atoms with Crippen LogP contribution in [0.2, 0.25) is 0 Å². The quantitative estimate of drug-likeness (QED) is 0.696.